The van der Waals surface area contributed by atoms with Crippen LogP contribution in [0.1, 0.15) is 6.42 Å². The number of hydrogen-bond acceptors (Lipinski definition) is 4. The van der Waals surface area contributed by atoms with Crippen LogP contribution in [0.15, 0.2) is 29.2 Å². The highest BCUT2D eigenvalue weighted by Gasteiger charge is 2.11. The summed E-state index contributed by atoms with van der Waals surface area (Å²) in [6, 6.07) is 6.53. The van der Waals surface area contributed by atoms with Gasteiger partial charge < -0.3 is 11.1 Å². The topological polar surface area (TPSA) is 98.2 Å². The van der Waals surface area contributed by atoms with Gasteiger partial charge in [0.1, 0.15) is 4.90 Å². The van der Waals surface area contributed by atoms with Gasteiger partial charge in [0.15, 0.2) is 0 Å². The van der Waals surface area contributed by atoms with E-state index in [4.69, 9.17) is 10.9 Å². The third-order valence-electron chi connectivity index (χ3n) is 1.89. The van der Waals surface area contributed by atoms with E-state index in [9.17, 15) is 8.42 Å². The third kappa shape index (κ3) is 3.50. The second-order valence-corrected chi connectivity index (χ2v) is 4.64. The van der Waals surface area contributed by atoms with Gasteiger partial charge in [0.05, 0.1) is 5.69 Å². The fourth-order valence-electron chi connectivity index (χ4n) is 1.19. The van der Waals surface area contributed by atoms with Crippen molar-refractivity contribution >= 4 is 15.7 Å². The van der Waals surface area contributed by atoms with Gasteiger partial charge in [-0.2, -0.15) is 0 Å². The zero-order valence-electron chi connectivity index (χ0n) is 8.31. The number of benzene rings is 1. The van der Waals surface area contributed by atoms with E-state index in [1.165, 1.54) is 6.07 Å². The number of nitrogens with two attached hydrogens (primary N) is 2. The fraction of sp³-hybridized carbons (Fsp3) is 0.333. The van der Waals surface area contributed by atoms with Crippen molar-refractivity contribution in [3.8, 4) is 0 Å². The zero-order valence-corrected chi connectivity index (χ0v) is 9.13. The van der Waals surface area contributed by atoms with Gasteiger partial charge in [-0.3, -0.25) is 0 Å². The molecule has 0 amide bonds. The largest absolute Gasteiger partial charge is 0.384 e. The fourth-order valence-corrected chi connectivity index (χ4v) is 1.90. The molecule has 6 heteroatoms. The van der Waals surface area contributed by atoms with E-state index in [1.807, 2.05) is 0 Å². The lowest BCUT2D eigenvalue weighted by atomic mass is 10.3. The van der Waals surface area contributed by atoms with Gasteiger partial charge >= 0.3 is 0 Å². The van der Waals surface area contributed by atoms with Gasteiger partial charge in [-0.1, -0.05) is 12.1 Å². The smallest absolute Gasteiger partial charge is 0.240 e. The van der Waals surface area contributed by atoms with Crippen LogP contribution in [0.5, 0.6) is 0 Å². The Balaban J connectivity index is 2.88. The van der Waals surface area contributed by atoms with E-state index in [2.05, 4.69) is 5.32 Å². The summed E-state index contributed by atoms with van der Waals surface area (Å²) < 4.78 is 22.4. The van der Waals surface area contributed by atoms with Crippen molar-refractivity contribution < 1.29 is 8.42 Å². The first-order chi connectivity index (χ1) is 7.05. The van der Waals surface area contributed by atoms with Crippen LogP contribution in [0.2, 0.25) is 0 Å². The maximum absolute atomic E-state index is 11.2. The normalized spacial score (nSPS) is 11.3. The average Bonchev–Trinajstić information content (AvgIpc) is 2.17. The molecule has 0 fully saturated rings. The maximum Gasteiger partial charge on any atom is 0.240 e. The second-order valence-electron chi connectivity index (χ2n) is 3.11. The minimum absolute atomic E-state index is 0.113. The molecule has 0 unspecified atom stereocenters. The first kappa shape index (κ1) is 12.0. The molecule has 0 aliphatic carbocycles. The summed E-state index contributed by atoms with van der Waals surface area (Å²) in [5, 5.41) is 8.05. The van der Waals surface area contributed by atoms with E-state index < -0.39 is 10.0 Å². The zero-order chi connectivity index (χ0) is 11.3. The molecule has 0 spiro atoms. The van der Waals surface area contributed by atoms with Crippen LogP contribution in [0.3, 0.4) is 0 Å². The summed E-state index contributed by atoms with van der Waals surface area (Å²) in [5.74, 6) is 0. The van der Waals surface area contributed by atoms with Gasteiger partial charge in [0, 0.05) is 6.54 Å². The molecule has 84 valence electrons. The Morgan fingerprint density at radius 2 is 1.93 bits per heavy atom. The highest BCUT2D eigenvalue weighted by Crippen LogP contribution is 2.18. The summed E-state index contributed by atoms with van der Waals surface area (Å²) >= 11 is 0. The van der Waals surface area contributed by atoms with Crippen LogP contribution in [0.4, 0.5) is 5.69 Å². The molecular weight excluding hydrogens is 214 g/mol. The summed E-state index contributed by atoms with van der Waals surface area (Å²) in [5.41, 5.74) is 5.86. The molecular formula is C9H15N3O2S. The Labute approximate surface area is 89.5 Å². The van der Waals surface area contributed by atoms with Gasteiger partial charge in [-0.05, 0) is 25.1 Å². The molecule has 0 saturated carbocycles. The Morgan fingerprint density at radius 3 is 2.53 bits per heavy atom. The van der Waals surface area contributed by atoms with Crippen molar-refractivity contribution in [2.45, 2.75) is 11.3 Å². The molecule has 0 aliphatic rings. The minimum Gasteiger partial charge on any atom is -0.384 e. The molecule has 5 nitrogen and oxygen atoms in total. The molecule has 0 saturated heterocycles. The number of rotatable bonds is 5. The standard InChI is InChI=1S/C9H15N3O2S/c10-6-3-7-12-8-4-1-2-5-9(8)15(11,13)14/h1-2,4-5,12H,3,6-7,10H2,(H2,11,13,14). The second kappa shape index (κ2) is 5.11. The number of hydrogen-bond donors (Lipinski definition) is 3. The van der Waals surface area contributed by atoms with Crippen LogP contribution >= 0.6 is 0 Å². The number of sulfonamides is 1. The highest BCUT2D eigenvalue weighted by molar-refractivity contribution is 7.89. The lowest BCUT2D eigenvalue weighted by Gasteiger charge is -2.09. The SMILES string of the molecule is NCCCNc1ccccc1S(N)(=O)=O. The Hall–Kier alpha value is -1.11. The van der Waals surface area contributed by atoms with E-state index >= 15 is 0 Å². The predicted octanol–water partition coefficient (Wildman–Crippen LogP) is 0.0947. The molecule has 0 heterocycles. The average molecular weight is 229 g/mol. The number of anilines is 1. The Bertz CT molecular complexity index is 417. The Morgan fingerprint density at radius 1 is 1.27 bits per heavy atom. The molecule has 0 aliphatic heterocycles. The molecule has 15 heavy (non-hydrogen) atoms. The molecule has 0 radical (unpaired) electrons. The van der Waals surface area contributed by atoms with Gasteiger partial charge in [-0.15, -0.1) is 0 Å². The molecule has 1 rings (SSSR count). The van der Waals surface area contributed by atoms with Crippen molar-refractivity contribution in [1.29, 1.82) is 0 Å². The van der Waals surface area contributed by atoms with Gasteiger partial charge in [0.25, 0.3) is 0 Å². The number of nitrogens with one attached hydrogen (secondary N) is 1. The Kier molecular flexibility index (Phi) is 4.07. The molecule has 1 aromatic carbocycles. The lowest BCUT2D eigenvalue weighted by Crippen LogP contribution is -2.16. The van der Waals surface area contributed by atoms with Crippen molar-refractivity contribution in [3.05, 3.63) is 24.3 Å². The van der Waals surface area contributed by atoms with Crippen LogP contribution in [0, 0.1) is 0 Å². The molecule has 0 bridgehead atoms. The van der Waals surface area contributed by atoms with Crippen molar-refractivity contribution in [2.75, 3.05) is 18.4 Å². The van der Waals surface area contributed by atoms with E-state index in [1.54, 1.807) is 18.2 Å². The molecule has 5 N–H and O–H groups in total. The van der Waals surface area contributed by atoms with Gasteiger partial charge in [-0.25, -0.2) is 13.6 Å². The molecule has 1 aromatic rings. The van der Waals surface area contributed by atoms with Crippen molar-refractivity contribution in [2.24, 2.45) is 10.9 Å². The van der Waals surface area contributed by atoms with Crippen molar-refractivity contribution in [3.63, 3.8) is 0 Å². The first-order valence-electron chi connectivity index (χ1n) is 4.61. The van der Waals surface area contributed by atoms with Crippen LogP contribution in [0.25, 0.3) is 0 Å². The first-order valence-corrected chi connectivity index (χ1v) is 6.16. The van der Waals surface area contributed by atoms with Crippen LogP contribution in [-0.2, 0) is 10.0 Å². The summed E-state index contributed by atoms with van der Waals surface area (Å²) in [7, 11) is -3.66. The predicted molar refractivity (Wildman–Crippen MR) is 60.0 cm³/mol. The molecule has 0 atom stereocenters. The van der Waals surface area contributed by atoms with Crippen molar-refractivity contribution in [1.82, 2.24) is 0 Å². The third-order valence-corrected chi connectivity index (χ3v) is 2.86. The summed E-state index contributed by atoms with van der Waals surface area (Å²) in [6.07, 6.45) is 0.777. The minimum atomic E-state index is -3.66. The monoisotopic (exact) mass is 229 g/mol. The van der Waals surface area contributed by atoms with E-state index in [-0.39, 0.29) is 4.90 Å². The number of primary sulfonamides is 1. The molecule has 0 aromatic heterocycles. The summed E-state index contributed by atoms with van der Waals surface area (Å²) in [6.45, 7) is 1.19. The number of para-hydroxylation sites is 1. The van der Waals surface area contributed by atoms with Crippen LogP contribution < -0.4 is 16.2 Å². The van der Waals surface area contributed by atoms with E-state index in [0.29, 0.717) is 18.8 Å². The van der Waals surface area contributed by atoms with E-state index in [0.717, 1.165) is 6.42 Å². The highest BCUT2D eigenvalue weighted by atomic mass is 32.2. The summed E-state index contributed by atoms with van der Waals surface area (Å²) in [4.78, 5) is 0.113. The lowest BCUT2D eigenvalue weighted by molar-refractivity contribution is 0.598. The maximum atomic E-state index is 11.2. The van der Waals surface area contributed by atoms with Gasteiger partial charge in [0.2, 0.25) is 10.0 Å². The quantitative estimate of drug-likeness (QED) is 0.623. The van der Waals surface area contributed by atoms with Crippen LogP contribution in [-0.4, -0.2) is 21.5 Å².